The molecular weight excluding hydrogens is 328 g/mol. The van der Waals surface area contributed by atoms with E-state index in [1.54, 1.807) is 6.92 Å². The van der Waals surface area contributed by atoms with E-state index >= 15 is 0 Å². The van der Waals surface area contributed by atoms with Crippen LogP contribution in [0.1, 0.15) is 49.7 Å². The molecule has 0 amide bonds. The molecule has 0 bridgehead atoms. The highest BCUT2D eigenvalue weighted by Gasteiger charge is 2.28. The number of unbranched alkanes of at least 4 members (excludes halogenated alkanes) is 1. The molecule has 2 aromatic carbocycles. The lowest BCUT2D eigenvalue weighted by atomic mass is 9.98. The lowest BCUT2D eigenvalue weighted by Gasteiger charge is -2.14. The van der Waals surface area contributed by atoms with Crippen LogP contribution >= 0.6 is 0 Å². The van der Waals surface area contributed by atoms with E-state index in [9.17, 15) is 9.59 Å². The highest BCUT2D eigenvalue weighted by molar-refractivity contribution is 5.79. The van der Waals surface area contributed by atoms with E-state index in [1.165, 1.54) is 22.3 Å². The number of fused-ring (bicyclic) bond motifs is 3. The minimum Gasteiger partial charge on any atom is -0.481 e. The molecule has 1 atom stereocenters. The first kappa shape index (κ1) is 18.2. The van der Waals surface area contributed by atoms with Crippen LogP contribution in [0.4, 0.5) is 0 Å². The lowest BCUT2D eigenvalue weighted by Crippen LogP contribution is -2.13. The van der Waals surface area contributed by atoms with Crippen molar-refractivity contribution < 1.29 is 19.4 Å². The molecule has 0 unspecified atom stereocenters. The Morgan fingerprint density at radius 2 is 1.58 bits per heavy atom. The number of carboxylic acids is 1. The molecule has 0 fully saturated rings. The molecule has 0 saturated heterocycles. The van der Waals surface area contributed by atoms with E-state index in [2.05, 4.69) is 24.3 Å². The Morgan fingerprint density at radius 3 is 2.15 bits per heavy atom. The maximum Gasteiger partial charge on any atom is 0.306 e. The van der Waals surface area contributed by atoms with Gasteiger partial charge >= 0.3 is 11.9 Å². The summed E-state index contributed by atoms with van der Waals surface area (Å²) in [6.07, 6.45) is 2.31. The molecule has 0 radical (unpaired) electrons. The fraction of sp³-hybridized carbons (Fsp3) is 0.364. The number of rotatable bonds is 8. The van der Waals surface area contributed by atoms with Crippen molar-refractivity contribution in [3.63, 3.8) is 0 Å². The topological polar surface area (TPSA) is 63.6 Å². The van der Waals surface area contributed by atoms with E-state index in [4.69, 9.17) is 9.84 Å². The molecule has 136 valence electrons. The van der Waals surface area contributed by atoms with E-state index < -0.39 is 5.97 Å². The van der Waals surface area contributed by atoms with Crippen LogP contribution in [0, 0.1) is 5.92 Å². The van der Waals surface area contributed by atoms with Gasteiger partial charge in [0.1, 0.15) is 6.61 Å². The number of esters is 1. The molecule has 0 aliphatic heterocycles. The molecule has 26 heavy (non-hydrogen) atoms. The van der Waals surface area contributed by atoms with Gasteiger partial charge in [-0.05, 0) is 35.1 Å². The molecule has 1 aliphatic rings. The Morgan fingerprint density at radius 1 is 1.00 bits per heavy atom. The summed E-state index contributed by atoms with van der Waals surface area (Å²) >= 11 is 0. The zero-order valence-electron chi connectivity index (χ0n) is 15.0. The quantitative estimate of drug-likeness (QED) is 0.556. The molecule has 4 nitrogen and oxygen atoms in total. The van der Waals surface area contributed by atoms with Crippen molar-refractivity contribution in [2.75, 3.05) is 6.61 Å². The lowest BCUT2D eigenvalue weighted by molar-refractivity contribution is -0.144. The largest absolute Gasteiger partial charge is 0.481 e. The van der Waals surface area contributed by atoms with Gasteiger partial charge in [-0.1, -0.05) is 61.9 Å². The fourth-order valence-electron chi connectivity index (χ4n) is 3.53. The van der Waals surface area contributed by atoms with Crippen molar-refractivity contribution in [2.24, 2.45) is 5.92 Å². The number of hydrogen-bond acceptors (Lipinski definition) is 3. The smallest absolute Gasteiger partial charge is 0.306 e. The Hall–Kier alpha value is -2.62. The molecule has 2 aromatic rings. The van der Waals surface area contributed by atoms with Crippen molar-refractivity contribution in [1.82, 2.24) is 0 Å². The number of ether oxygens (including phenoxy) is 1. The Bertz CT molecular complexity index is 751. The first-order chi connectivity index (χ1) is 12.6. The van der Waals surface area contributed by atoms with E-state index in [0.29, 0.717) is 25.9 Å². The summed E-state index contributed by atoms with van der Waals surface area (Å²) in [5.74, 6) is -1.28. The molecule has 3 rings (SSSR count). The highest BCUT2D eigenvalue weighted by Crippen LogP contribution is 2.44. The van der Waals surface area contributed by atoms with Gasteiger partial charge in [-0.15, -0.1) is 0 Å². The maximum absolute atomic E-state index is 12.1. The van der Waals surface area contributed by atoms with Gasteiger partial charge in [-0.2, -0.15) is 0 Å². The van der Waals surface area contributed by atoms with Gasteiger partial charge in [-0.25, -0.2) is 0 Å². The van der Waals surface area contributed by atoms with Crippen LogP contribution in [0.5, 0.6) is 0 Å². The Kier molecular flexibility index (Phi) is 5.71. The van der Waals surface area contributed by atoms with Gasteiger partial charge in [0.25, 0.3) is 0 Å². The second-order valence-electron chi connectivity index (χ2n) is 6.90. The van der Waals surface area contributed by atoms with Crippen LogP contribution in [-0.4, -0.2) is 23.7 Å². The minimum absolute atomic E-state index is 0.0818. The normalized spacial score (nSPS) is 13.7. The summed E-state index contributed by atoms with van der Waals surface area (Å²) in [5, 5.41) is 8.86. The second-order valence-corrected chi connectivity index (χ2v) is 6.90. The van der Waals surface area contributed by atoms with Crippen molar-refractivity contribution in [1.29, 1.82) is 0 Å². The van der Waals surface area contributed by atoms with Crippen LogP contribution in [0.2, 0.25) is 0 Å². The van der Waals surface area contributed by atoms with Crippen molar-refractivity contribution in [2.45, 2.75) is 38.5 Å². The maximum atomic E-state index is 12.1. The zero-order chi connectivity index (χ0) is 18.5. The molecular formula is C22H24O4. The van der Waals surface area contributed by atoms with Crippen molar-refractivity contribution in [3.05, 3.63) is 59.7 Å². The van der Waals surface area contributed by atoms with Crippen LogP contribution in [0.3, 0.4) is 0 Å². The third kappa shape index (κ3) is 3.96. The predicted octanol–water partition coefficient (Wildman–Crippen LogP) is 4.62. The molecule has 4 heteroatoms. The summed E-state index contributed by atoms with van der Waals surface area (Å²) in [5.41, 5.74) is 4.84. The first-order valence-corrected chi connectivity index (χ1v) is 9.14. The highest BCUT2D eigenvalue weighted by atomic mass is 16.5. The minimum atomic E-state index is -0.786. The van der Waals surface area contributed by atoms with Crippen LogP contribution in [0.15, 0.2) is 48.5 Å². The average Bonchev–Trinajstić information content (AvgIpc) is 2.97. The summed E-state index contributed by atoms with van der Waals surface area (Å²) < 4.78 is 5.54. The van der Waals surface area contributed by atoms with E-state index in [-0.39, 0.29) is 17.8 Å². The Labute approximate surface area is 153 Å². The van der Waals surface area contributed by atoms with E-state index in [0.717, 1.165) is 6.42 Å². The second kappa shape index (κ2) is 8.17. The van der Waals surface area contributed by atoms with Crippen LogP contribution in [-0.2, 0) is 14.3 Å². The van der Waals surface area contributed by atoms with E-state index in [1.807, 2.05) is 24.3 Å². The molecule has 0 spiro atoms. The summed E-state index contributed by atoms with van der Waals surface area (Å²) in [6, 6.07) is 16.5. The molecule has 0 aromatic heterocycles. The van der Waals surface area contributed by atoms with Crippen LogP contribution in [0.25, 0.3) is 11.1 Å². The van der Waals surface area contributed by atoms with Gasteiger partial charge in [-0.3, -0.25) is 9.59 Å². The monoisotopic (exact) mass is 352 g/mol. The van der Waals surface area contributed by atoms with Crippen LogP contribution < -0.4 is 0 Å². The number of hydrogen-bond donors (Lipinski definition) is 1. The standard InChI is InChI=1S/C22H24O4/c1-15(22(24)25)8-2-7-13-21(23)26-14-20-18-11-5-3-9-16(18)17-10-4-6-12-19(17)20/h3-6,9-12,15,20H,2,7-8,13-14H2,1H3,(H,24,25)/t15-/m0/s1. The van der Waals surface area contributed by atoms with Crippen molar-refractivity contribution in [3.8, 4) is 11.1 Å². The SMILES string of the molecule is C[C@@H](CCCCC(=O)OCC1c2ccccc2-c2ccccc21)C(=O)O. The van der Waals surface area contributed by atoms with Gasteiger partial charge in [0.15, 0.2) is 0 Å². The van der Waals surface area contributed by atoms with Gasteiger partial charge in [0, 0.05) is 12.3 Å². The molecule has 1 aliphatic carbocycles. The number of carbonyl (C=O) groups excluding carboxylic acids is 1. The van der Waals surface area contributed by atoms with Gasteiger partial charge < -0.3 is 9.84 Å². The zero-order valence-corrected chi connectivity index (χ0v) is 15.0. The molecule has 1 N–H and O–H groups in total. The average molecular weight is 352 g/mol. The summed E-state index contributed by atoms with van der Waals surface area (Å²) in [7, 11) is 0. The number of benzene rings is 2. The Balaban J connectivity index is 1.53. The third-order valence-electron chi connectivity index (χ3n) is 5.06. The fourth-order valence-corrected chi connectivity index (χ4v) is 3.53. The predicted molar refractivity (Wildman–Crippen MR) is 99.9 cm³/mol. The van der Waals surface area contributed by atoms with Gasteiger partial charge in [0.2, 0.25) is 0 Å². The van der Waals surface area contributed by atoms with Crippen molar-refractivity contribution >= 4 is 11.9 Å². The molecule has 0 heterocycles. The summed E-state index contributed by atoms with van der Waals surface area (Å²) in [4.78, 5) is 22.9. The third-order valence-corrected chi connectivity index (χ3v) is 5.06. The number of carbonyl (C=O) groups is 2. The molecule has 0 saturated carbocycles. The number of carboxylic acid groups (broad SMARTS) is 1. The number of aliphatic carboxylic acids is 1. The van der Waals surface area contributed by atoms with Gasteiger partial charge in [0.05, 0.1) is 5.92 Å². The first-order valence-electron chi connectivity index (χ1n) is 9.14. The summed E-state index contributed by atoms with van der Waals surface area (Å²) in [6.45, 7) is 2.04.